The minimum absolute atomic E-state index is 0.280. The Morgan fingerprint density at radius 2 is 2.00 bits per heavy atom. The van der Waals surface area contributed by atoms with Crippen LogP contribution in [-0.4, -0.2) is 24.6 Å². The quantitative estimate of drug-likeness (QED) is 0.678. The van der Waals surface area contributed by atoms with E-state index in [-0.39, 0.29) is 5.78 Å². The number of aliphatic hydroxyl groups is 1. The zero-order chi connectivity index (χ0) is 8.97. The zero-order valence-corrected chi connectivity index (χ0v) is 6.78. The molecule has 64 valence electrons. The summed E-state index contributed by atoms with van der Waals surface area (Å²) in [5.41, 5.74) is 0.498. The first kappa shape index (κ1) is 8.74. The van der Waals surface area contributed by atoms with Gasteiger partial charge in [-0.3, -0.25) is 4.79 Å². The predicted octanol–water partition coefficient (Wildman–Crippen LogP) is 0.870. The molecule has 0 bridgehead atoms. The number of carbonyl (C=O) groups excluding carboxylic acids is 1. The Labute approximate surface area is 70.6 Å². The van der Waals surface area contributed by atoms with Crippen LogP contribution in [0.25, 0.3) is 0 Å². The molecule has 0 fully saturated rings. The lowest BCUT2D eigenvalue weighted by atomic mass is 10.1. The van der Waals surface area contributed by atoms with Crippen molar-refractivity contribution in [2.24, 2.45) is 0 Å². The molecular formula is C9H10O3. The van der Waals surface area contributed by atoms with E-state index in [2.05, 4.69) is 0 Å². The molecule has 0 aliphatic heterocycles. The number of Topliss-reactive ketones (excluding diaryl/α,β-unsaturated/α-hetero) is 1. The second kappa shape index (κ2) is 3.88. The van der Waals surface area contributed by atoms with Gasteiger partial charge in [0, 0.05) is 5.56 Å². The Hall–Kier alpha value is -1.35. The van der Waals surface area contributed by atoms with Gasteiger partial charge in [-0.05, 0) is 24.3 Å². The second-order valence-electron chi connectivity index (χ2n) is 2.31. The van der Waals surface area contributed by atoms with Gasteiger partial charge in [0.15, 0.2) is 5.78 Å². The minimum Gasteiger partial charge on any atom is -0.497 e. The standard InChI is InChI=1S/C9H10O3/c1-12-8-4-2-7(3-5-8)9(11)6-10/h2-5,10H,6H2,1H3. The van der Waals surface area contributed by atoms with Crippen LogP contribution in [-0.2, 0) is 0 Å². The summed E-state index contributed by atoms with van der Waals surface area (Å²) in [6.45, 7) is -0.452. The summed E-state index contributed by atoms with van der Waals surface area (Å²) in [5, 5.41) is 8.53. The molecule has 0 amide bonds. The zero-order valence-electron chi connectivity index (χ0n) is 6.78. The third kappa shape index (κ3) is 1.83. The molecule has 1 rings (SSSR count). The van der Waals surface area contributed by atoms with Gasteiger partial charge in [-0.1, -0.05) is 0 Å². The molecule has 0 radical (unpaired) electrons. The number of ketones is 1. The molecule has 0 unspecified atom stereocenters. The molecule has 0 spiro atoms. The fourth-order valence-corrected chi connectivity index (χ4v) is 0.868. The van der Waals surface area contributed by atoms with E-state index in [0.29, 0.717) is 11.3 Å². The number of aliphatic hydroxyl groups excluding tert-OH is 1. The number of hydrogen-bond acceptors (Lipinski definition) is 3. The minimum atomic E-state index is -0.452. The van der Waals surface area contributed by atoms with Crippen molar-refractivity contribution in [2.45, 2.75) is 0 Å². The van der Waals surface area contributed by atoms with Gasteiger partial charge >= 0.3 is 0 Å². The van der Waals surface area contributed by atoms with Gasteiger partial charge in [-0.2, -0.15) is 0 Å². The van der Waals surface area contributed by atoms with Crippen LogP contribution in [0.5, 0.6) is 5.75 Å². The van der Waals surface area contributed by atoms with E-state index in [1.807, 2.05) is 0 Å². The topological polar surface area (TPSA) is 46.5 Å². The van der Waals surface area contributed by atoms with E-state index in [0.717, 1.165) is 0 Å². The molecule has 0 atom stereocenters. The molecule has 3 heteroatoms. The third-order valence-corrected chi connectivity index (χ3v) is 1.56. The Morgan fingerprint density at radius 3 is 2.42 bits per heavy atom. The molecular weight excluding hydrogens is 156 g/mol. The lowest BCUT2D eigenvalue weighted by Gasteiger charge is -2.00. The van der Waals surface area contributed by atoms with E-state index in [9.17, 15) is 4.79 Å². The fourth-order valence-electron chi connectivity index (χ4n) is 0.868. The van der Waals surface area contributed by atoms with Gasteiger partial charge in [0.25, 0.3) is 0 Å². The Balaban J connectivity index is 2.84. The molecule has 0 aliphatic rings. The number of ether oxygens (including phenoxy) is 1. The Morgan fingerprint density at radius 1 is 1.42 bits per heavy atom. The van der Waals surface area contributed by atoms with Crippen molar-refractivity contribution in [3.63, 3.8) is 0 Å². The maximum absolute atomic E-state index is 10.9. The summed E-state index contributed by atoms with van der Waals surface area (Å²) in [5.74, 6) is 0.419. The van der Waals surface area contributed by atoms with Crippen LogP contribution >= 0.6 is 0 Å². The van der Waals surface area contributed by atoms with Crippen LogP contribution in [0.1, 0.15) is 10.4 Å². The van der Waals surface area contributed by atoms with Crippen molar-refractivity contribution in [2.75, 3.05) is 13.7 Å². The van der Waals surface area contributed by atoms with E-state index in [1.54, 1.807) is 31.4 Å². The normalized spacial score (nSPS) is 9.50. The first-order chi connectivity index (χ1) is 5.77. The molecule has 0 saturated heterocycles. The van der Waals surface area contributed by atoms with Crippen molar-refractivity contribution in [3.8, 4) is 5.75 Å². The van der Waals surface area contributed by atoms with Crippen molar-refractivity contribution in [1.82, 2.24) is 0 Å². The third-order valence-electron chi connectivity index (χ3n) is 1.56. The van der Waals surface area contributed by atoms with Crippen LogP contribution in [0.4, 0.5) is 0 Å². The maximum atomic E-state index is 10.9. The van der Waals surface area contributed by atoms with Gasteiger partial charge in [0.05, 0.1) is 7.11 Å². The number of hydrogen-bond donors (Lipinski definition) is 1. The summed E-state index contributed by atoms with van der Waals surface area (Å²) >= 11 is 0. The van der Waals surface area contributed by atoms with Crippen LogP contribution in [0, 0.1) is 0 Å². The Kier molecular flexibility index (Phi) is 2.82. The first-order valence-electron chi connectivity index (χ1n) is 3.56. The molecule has 1 N–H and O–H groups in total. The van der Waals surface area contributed by atoms with Gasteiger partial charge in [-0.15, -0.1) is 0 Å². The number of benzene rings is 1. The highest BCUT2D eigenvalue weighted by Crippen LogP contribution is 2.11. The van der Waals surface area contributed by atoms with E-state index < -0.39 is 6.61 Å². The highest BCUT2D eigenvalue weighted by Gasteiger charge is 2.02. The molecule has 3 nitrogen and oxygen atoms in total. The monoisotopic (exact) mass is 166 g/mol. The van der Waals surface area contributed by atoms with Crippen LogP contribution in [0.3, 0.4) is 0 Å². The summed E-state index contributed by atoms with van der Waals surface area (Å²) < 4.78 is 4.91. The van der Waals surface area contributed by atoms with Crippen molar-refractivity contribution < 1.29 is 14.6 Å². The lowest BCUT2D eigenvalue weighted by Crippen LogP contribution is -2.03. The van der Waals surface area contributed by atoms with Gasteiger partial charge in [0.2, 0.25) is 0 Å². The van der Waals surface area contributed by atoms with Gasteiger partial charge < -0.3 is 9.84 Å². The molecule has 0 aliphatic carbocycles. The summed E-state index contributed by atoms with van der Waals surface area (Å²) in [4.78, 5) is 10.9. The number of carbonyl (C=O) groups is 1. The van der Waals surface area contributed by atoms with Crippen LogP contribution in [0.15, 0.2) is 24.3 Å². The van der Waals surface area contributed by atoms with Crippen molar-refractivity contribution in [3.05, 3.63) is 29.8 Å². The highest BCUT2D eigenvalue weighted by atomic mass is 16.5. The van der Waals surface area contributed by atoms with Crippen LogP contribution < -0.4 is 4.74 Å². The highest BCUT2D eigenvalue weighted by molar-refractivity contribution is 5.96. The molecule has 1 aromatic carbocycles. The van der Waals surface area contributed by atoms with Gasteiger partial charge in [0.1, 0.15) is 12.4 Å². The Bertz CT molecular complexity index is 264. The van der Waals surface area contributed by atoms with Crippen molar-refractivity contribution >= 4 is 5.78 Å². The second-order valence-corrected chi connectivity index (χ2v) is 2.31. The maximum Gasteiger partial charge on any atom is 0.188 e. The van der Waals surface area contributed by atoms with Crippen molar-refractivity contribution in [1.29, 1.82) is 0 Å². The molecule has 0 aromatic heterocycles. The average molecular weight is 166 g/mol. The van der Waals surface area contributed by atoms with Crippen LogP contribution in [0.2, 0.25) is 0 Å². The summed E-state index contributed by atoms with van der Waals surface area (Å²) in [6, 6.07) is 6.61. The molecule has 12 heavy (non-hydrogen) atoms. The van der Waals surface area contributed by atoms with E-state index in [1.165, 1.54) is 0 Å². The SMILES string of the molecule is COc1ccc(C(=O)CO)cc1. The van der Waals surface area contributed by atoms with Gasteiger partial charge in [-0.25, -0.2) is 0 Å². The average Bonchev–Trinajstić information content (AvgIpc) is 2.17. The lowest BCUT2D eigenvalue weighted by molar-refractivity contribution is 0.0903. The first-order valence-corrected chi connectivity index (χ1v) is 3.56. The van der Waals surface area contributed by atoms with E-state index in [4.69, 9.17) is 9.84 Å². The molecule has 0 saturated carbocycles. The fraction of sp³-hybridized carbons (Fsp3) is 0.222. The number of rotatable bonds is 3. The molecule has 0 heterocycles. The predicted molar refractivity (Wildman–Crippen MR) is 44.4 cm³/mol. The number of methoxy groups -OCH3 is 1. The smallest absolute Gasteiger partial charge is 0.188 e. The summed E-state index contributed by atoms with van der Waals surface area (Å²) in [6.07, 6.45) is 0. The largest absolute Gasteiger partial charge is 0.497 e. The molecule has 1 aromatic rings. The van der Waals surface area contributed by atoms with E-state index >= 15 is 0 Å². The summed E-state index contributed by atoms with van der Waals surface area (Å²) in [7, 11) is 1.56.